The van der Waals surface area contributed by atoms with E-state index >= 15 is 0 Å². The van der Waals surface area contributed by atoms with Crippen LogP contribution in [0.4, 0.5) is 0 Å². The van der Waals surface area contributed by atoms with Gasteiger partial charge in [-0.15, -0.1) is 10.2 Å². The zero-order valence-corrected chi connectivity index (χ0v) is 7.18. The minimum absolute atomic E-state index is 0.360. The number of rotatable bonds is 1. The molecule has 0 fully saturated rings. The number of para-hydroxylation sites is 1. The number of fused-ring (bicyclic) bond motifs is 1. The Morgan fingerprint density at radius 3 is 2.54 bits per heavy atom. The van der Waals surface area contributed by atoms with Gasteiger partial charge in [0.05, 0.1) is 5.52 Å². The summed E-state index contributed by atoms with van der Waals surface area (Å²) in [5, 5.41) is 16.9. The Kier molecular flexibility index (Phi) is 1.90. The fraction of sp³-hybridized carbons (Fsp3) is 0.222. The minimum atomic E-state index is -0.669. The first-order valence-electron chi connectivity index (χ1n) is 4.05. The lowest BCUT2D eigenvalue weighted by Gasteiger charge is -2.01. The summed E-state index contributed by atoms with van der Waals surface area (Å²) in [7, 11) is 0. The lowest BCUT2D eigenvalue weighted by Crippen LogP contribution is -2.01. The number of aromatic nitrogens is 3. The van der Waals surface area contributed by atoms with Crippen LogP contribution in [-0.2, 0) is 0 Å². The molecule has 1 atom stereocenters. The van der Waals surface area contributed by atoms with E-state index in [0.29, 0.717) is 5.82 Å². The van der Waals surface area contributed by atoms with Gasteiger partial charge in [-0.1, -0.05) is 12.1 Å². The summed E-state index contributed by atoms with van der Waals surface area (Å²) in [6.45, 7) is 1.62. The quantitative estimate of drug-likeness (QED) is 0.704. The van der Waals surface area contributed by atoms with E-state index in [0.717, 1.165) is 11.0 Å². The molecule has 66 valence electrons. The molecular formula is C9H9N3O. The largest absolute Gasteiger partial charge is 0.385 e. The molecule has 1 unspecified atom stereocenters. The SMILES string of the molecule is CC(O)c1nnc2ccccc2n1. The zero-order chi connectivity index (χ0) is 9.26. The van der Waals surface area contributed by atoms with Gasteiger partial charge >= 0.3 is 0 Å². The topological polar surface area (TPSA) is 58.9 Å². The lowest BCUT2D eigenvalue weighted by atomic mass is 10.3. The average molecular weight is 175 g/mol. The summed E-state index contributed by atoms with van der Waals surface area (Å²) in [5.41, 5.74) is 1.50. The van der Waals surface area contributed by atoms with Crippen LogP contribution in [0.2, 0.25) is 0 Å². The van der Waals surface area contributed by atoms with Gasteiger partial charge in [0.1, 0.15) is 11.6 Å². The Bertz CT molecular complexity index is 428. The van der Waals surface area contributed by atoms with Gasteiger partial charge in [0, 0.05) is 0 Å². The molecule has 0 radical (unpaired) electrons. The van der Waals surface area contributed by atoms with E-state index in [1.54, 1.807) is 6.92 Å². The second kappa shape index (κ2) is 3.06. The van der Waals surface area contributed by atoms with E-state index in [1.807, 2.05) is 24.3 Å². The van der Waals surface area contributed by atoms with E-state index in [4.69, 9.17) is 0 Å². The minimum Gasteiger partial charge on any atom is -0.385 e. The van der Waals surface area contributed by atoms with Gasteiger partial charge in [0.2, 0.25) is 0 Å². The van der Waals surface area contributed by atoms with Gasteiger partial charge in [-0.3, -0.25) is 0 Å². The summed E-state index contributed by atoms with van der Waals surface area (Å²) >= 11 is 0. The van der Waals surface area contributed by atoms with Crippen molar-refractivity contribution in [3.63, 3.8) is 0 Å². The number of nitrogens with zero attached hydrogens (tertiary/aromatic N) is 3. The van der Waals surface area contributed by atoms with Gasteiger partial charge in [0.15, 0.2) is 5.82 Å². The smallest absolute Gasteiger partial charge is 0.180 e. The van der Waals surface area contributed by atoms with Crippen molar-refractivity contribution >= 4 is 11.0 Å². The number of aliphatic hydroxyl groups excluding tert-OH is 1. The van der Waals surface area contributed by atoms with Crippen LogP contribution >= 0.6 is 0 Å². The van der Waals surface area contributed by atoms with E-state index < -0.39 is 6.10 Å². The molecule has 4 nitrogen and oxygen atoms in total. The van der Waals surface area contributed by atoms with Crippen molar-refractivity contribution in [3.05, 3.63) is 30.1 Å². The molecule has 1 aromatic carbocycles. The molecule has 0 aliphatic heterocycles. The van der Waals surface area contributed by atoms with Gasteiger partial charge in [0.25, 0.3) is 0 Å². The standard InChI is InChI=1S/C9H9N3O/c1-6(13)9-10-7-4-2-3-5-8(7)11-12-9/h2-6,13H,1H3. The van der Waals surface area contributed by atoms with E-state index in [-0.39, 0.29) is 0 Å². The molecule has 13 heavy (non-hydrogen) atoms. The third-order valence-corrected chi connectivity index (χ3v) is 1.75. The fourth-order valence-corrected chi connectivity index (χ4v) is 1.07. The average Bonchev–Trinajstić information content (AvgIpc) is 2.17. The Morgan fingerprint density at radius 1 is 1.15 bits per heavy atom. The Balaban J connectivity index is 2.62. The van der Waals surface area contributed by atoms with Crippen LogP contribution in [0.5, 0.6) is 0 Å². The van der Waals surface area contributed by atoms with Crippen LogP contribution in [-0.4, -0.2) is 20.3 Å². The van der Waals surface area contributed by atoms with Gasteiger partial charge in [-0.05, 0) is 19.1 Å². The maximum absolute atomic E-state index is 9.22. The first-order valence-corrected chi connectivity index (χ1v) is 4.05. The monoisotopic (exact) mass is 175 g/mol. The van der Waals surface area contributed by atoms with Crippen molar-refractivity contribution in [1.29, 1.82) is 0 Å². The molecule has 1 heterocycles. The van der Waals surface area contributed by atoms with Crippen molar-refractivity contribution in [2.45, 2.75) is 13.0 Å². The van der Waals surface area contributed by atoms with Crippen molar-refractivity contribution in [3.8, 4) is 0 Å². The maximum Gasteiger partial charge on any atom is 0.180 e. The van der Waals surface area contributed by atoms with Crippen LogP contribution in [0.25, 0.3) is 11.0 Å². The zero-order valence-electron chi connectivity index (χ0n) is 7.18. The van der Waals surface area contributed by atoms with Crippen LogP contribution in [0.1, 0.15) is 18.9 Å². The molecule has 1 aromatic heterocycles. The van der Waals surface area contributed by atoms with E-state index in [9.17, 15) is 5.11 Å². The Labute approximate surface area is 75.3 Å². The number of aliphatic hydroxyl groups is 1. The highest BCUT2D eigenvalue weighted by atomic mass is 16.3. The normalized spacial score (nSPS) is 13.1. The first kappa shape index (κ1) is 8.07. The summed E-state index contributed by atoms with van der Waals surface area (Å²) < 4.78 is 0. The maximum atomic E-state index is 9.22. The highest BCUT2D eigenvalue weighted by Gasteiger charge is 2.05. The predicted octanol–water partition coefficient (Wildman–Crippen LogP) is 1.08. The third kappa shape index (κ3) is 1.48. The van der Waals surface area contributed by atoms with Crippen LogP contribution in [0.15, 0.2) is 24.3 Å². The second-order valence-corrected chi connectivity index (χ2v) is 2.83. The molecule has 0 bridgehead atoms. The molecule has 1 N–H and O–H groups in total. The summed E-state index contributed by atoms with van der Waals surface area (Å²) in [6, 6.07) is 7.43. The molecule has 0 amide bonds. The number of hydrogen-bond donors (Lipinski definition) is 1. The van der Waals surface area contributed by atoms with Crippen LogP contribution < -0.4 is 0 Å². The molecule has 0 saturated heterocycles. The molecule has 0 aliphatic rings. The van der Waals surface area contributed by atoms with Crippen molar-refractivity contribution < 1.29 is 5.11 Å². The van der Waals surface area contributed by atoms with Crippen molar-refractivity contribution in [2.24, 2.45) is 0 Å². The number of hydrogen-bond acceptors (Lipinski definition) is 4. The molecule has 0 spiro atoms. The van der Waals surface area contributed by atoms with Crippen molar-refractivity contribution in [1.82, 2.24) is 15.2 Å². The molecular weight excluding hydrogens is 166 g/mol. The lowest BCUT2D eigenvalue weighted by molar-refractivity contribution is 0.188. The van der Waals surface area contributed by atoms with Gasteiger partial charge in [-0.2, -0.15) is 0 Å². The van der Waals surface area contributed by atoms with Crippen LogP contribution in [0, 0.1) is 0 Å². The summed E-state index contributed by atoms with van der Waals surface area (Å²) in [4.78, 5) is 4.15. The van der Waals surface area contributed by atoms with Crippen molar-refractivity contribution in [2.75, 3.05) is 0 Å². The second-order valence-electron chi connectivity index (χ2n) is 2.83. The van der Waals surface area contributed by atoms with Gasteiger partial charge < -0.3 is 5.11 Å². The van der Waals surface area contributed by atoms with E-state index in [2.05, 4.69) is 15.2 Å². The summed E-state index contributed by atoms with van der Waals surface area (Å²) in [5.74, 6) is 0.360. The highest BCUT2D eigenvalue weighted by Crippen LogP contribution is 2.10. The molecule has 0 saturated carbocycles. The third-order valence-electron chi connectivity index (χ3n) is 1.75. The molecule has 2 rings (SSSR count). The molecule has 2 aromatic rings. The Morgan fingerprint density at radius 2 is 1.85 bits per heavy atom. The fourth-order valence-electron chi connectivity index (χ4n) is 1.07. The first-order chi connectivity index (χ1) is 6.27. The molecule has 4 heteroatoms. The highest BCUT2D eigenvalue weighted by molar-refractivity contribution is 5.72. The van der Waals surface area contributed by atoms with E-state index in [1.165, 1.54) is 0 Å². The van der Waals surface area contributed by atoms with Gasteiger partial charge in [-0.25, -0.2) is 4.98 Å². The Hall–Kier alpha value is -1.55. The number of benzene rings is 1. The van der Waals surface area contributed by atoms with Crippen LogP contribution in [0.3, 0.4) is 0 Å². The molecule has 0 aliphatic carbocycles. The summed E-state index contributed by atoms with van der Waals surface area (Å²) in [6.07, 6.45) is -0.669. The predicted molar refractivity (Wildman–Crippen MR) is 48.0 cm³/mol.